The molecule has 17 heavy (non-hydrogen) atoms. The van der Waals surface area contributed by atoms with Gasteiger partial charge in [-0.3, -0.25) is 10.1 Å². The molecule has 2 aromatic rings. The van der Waals surface area contributed by atoms with E-state index in [0.717, 1.165) is 0 Å². The Morgan fingerprint density at radius 2 is 2.35 bits per heavy atom. The van der Waals surface area contributed by atoms with Gasteiger partial charge in [0.15, 0.2) is 0 Å². The van der Waals surface area contributed by atoms with Crippen LogP contribution in [-0.2, 0) is 6.54 Å². The number of thiazole rings is 1. The predicted octanol–water partition coefficient (Wildman–Crippen LogP) is 1.30. The van der Waals surface area contributed by atoms with Crippen LogP contribution in [0.3, 0.4) is 0 Å². The minimum Gasteiger partial charge on any atom is -0.325 e. The van der Waals surface area contributed by atoms with E-state index in [4.69, 9.17) is 17.3 Å². The largest absolute Gasteiger partial charge is 0.325 e. The molecular weight excluding hydrogens is 262 g/mol. The SMILES string of the molecule is NCc1nc(C(=O)Nc2nccc(Cl)n2)cs1. The third kappa shape index (κ3) is 2.96. The number of nitrogens with two attached hydrogens (primary N) is 1. The van der Waals surface area contributed by atoms with Gasteiger partial charge in [0.05, 0.1) is 0 Å². The zero-order valence-corrected chi connectivity index (χ0v) is 10.1. The molecule has 0 aliphatic carbocycles. The smallest absolute Gasteiger partial charge is 0.277 e. The molecule has 0 spiro atoms. The van der Waals surface area contributed by atoms with Crippen LogP contribution < -0.4 is 11.1 Å². The van der Waals surface area contributed by atoms with Crippen molar-refractivity contribution in [3.05, 3.63) is 33.5 Å². The molecule has 0 saturated carbocycles. The summed E-state index contributed by atoms with van der Waals surface area (Å²) in [6.07, 6.45) is 1.46. The van der Waals surface area contributed by atoms with Gasteiger partial charge in [-0.05, 0) is 6.07 Å². The Labute approximate surface area is 106 Å². The fourth-order valence-corrected chi connectivity index (χ4v) is 1.86. The van der Waals surface area contributed by atoms with Crippen LogP contribution in [0, 0.1) is 0 Å². The van der Waals surface area contributed by atoms with Gasteiger partial charge in [0.1, 0.15) is 15.9 Å². The second-order valence-electron chi connectivity index (χ2n) is 2.99. The van der Waals surface area contributed by atoms with Crippen molar-refractivity contribution in [2.75, 3.05) is 5.32 Å². The Balaban J connectivity index is 2.11. The predicted molar refractivity (Wildman–Crippen MR) is 65.0 cm³/mol. The Bertz CT molecular complexity index is 544. The lowest BCUT2D eigenvalue weighted by molar-refractivity contribution is 0.102. The van der Waals surface area contributed by atoms with Crippen LogP contribution in [0.25, 0.3) is 0 Å². The standard InChI is InChI=1S/C9H8ClN5OS/c10-6-1-2-12-9(14-6)15-8(16)5-4-17-7(3-11)13-5/h1-2,4H,3,11H2,(H,12,14,15,16). The summed E-state index contributed by atoms with van der Waals surface area (Å²) in [6, 6.07) is 1.52. The Morgan fingerprint density at radius 3 is 3.00 bits per heavy atom. The van der Waals surface area contributed by atoms with E-state index < -0.39 is 0 Å². The fraction of sp³-hybridized carbons (Fsp3) is 0.111. The first kappa shape index (κ1) is 11.9. The van der Waals surface area contributed by atoms with Crippen molar-refractivity contribution in [3.8, 4) is 0 Å². The highest BCUT2D eigenvalue weighted by Gasteiger charge is 2.11. The minimum atomic E-state index is -0.386. The molecule has 0 bridgehead atoms. The molecule has 2 rings (SSSR count). The van der Waals surface area contributed by atoms with Gasteiger partial charge in [0.25, 0.3) is 5.91 Å². The molecule has 1 amide bonds. The van der Waals surface area contributed by atoms with E-state index >= 15 is 0 Å². The van der Waals surface area contributed by atoms with Gasteiger partial charge >= 0.3 is 0 Å². The Kier molecular flexibility index (Phi) is 3.62. The number of aromatic nitrogens is 3. The average molecular weight is 270 g/mol. The monoisotopic (exact) mass is 269 g/mol. The van der Waals surface area contributed by atoms with Crippen LogP contribution in [0.15, 0.2) is 17.6 Å². The van der Waals surface area contributed by atoms with Gasteiger partial charge in [0.2, 0.25) is 5.95 Å². The molecular formula is C9H8ClN5OS. The summed E-state index contributed by atoms with van der Waals surface area (Å²) < 4.78 is 0. The number of nitrogens with one attached hydrogen (secondary N) is 1. The summed E-state index contributed by atoms with van der Waals surface area (Å²) >= 11 is 7.00. The molecule has 8 heteroatoms. The number of carbonyl (C=O) groups is 1. The summed E-state index contributed by atoms with van der Waals surface area (Å²) in [5.41, 5.74) is 5.70. The van der Waals surface area contributed by atoms with Crippen LogP contribution in [-0.4, -0.2) is 20.9 Å². The lowest BCUT2D eigenvalue weighted by atomic mass is 10.4. The normalized spacial score (nSPS) is 10.2. The molecule has 2 aromatic heterocycles. The van der Waals surface area contributed by atoms with Crippen LogP contribution in [0.4, 0.5) is 5.95 Å². The molecule has 0 aliphatic heterocycles. The zero-order valence-electron chi connectivity index (χ0n) is 8.55. The highest BCUT2D eigenvalue weighted by molar-refractivity contribution is 7.09. The minimum absolute atomic E-state index is 0.143. The Hall–Kier alpha value is -1.57. The summed E-state index contributed by atoms with van der Waals surface area (Å²) in [7, 11) is 0. The number of halogens is 1. The number of hydrogen-bond donors (Lipinski definition) is 2. The molecule has 6 nitrogen and oxygen atoms in total. The van der Waals surface area contributed by atoms with E-state index in [2.05, 4.69) is 20.3 Å². The second kappa shape index (κ2) is 5.17. The van der Waals surface area contributed by atoms with Crippen molar-refractivity contribution in [2.24, 2.45) is 5.73 Å². The second-order valence-corrected chi connectivity index (χ2v) is 4.32. The number of anilines is 1. The molecule has 0 aliphatic rings. The van der Waals surface area contributed by atoms with Crippen LogP contribution in [0.2, 0.25) is 5.15 Å². The van der Waals surface area contributed by atoms with Crippen molar-refractivity contribution in [1.82, 2.24) is 15.0 Å². The molecule has 0 saturated heterocycles. The van der Waals surface area contributed by atoms with Gasteiger partial charge in [-0.25, -0.2) is 15.0 Å². The van der Waals surface area contributed by atoms with Gasteiger partial charge in [0, 0.05) is 18.1 Å². The van der Waals surface area contributed by atoms with E-state index in [1.807, 2.05) is 0 Å². The molecule has 0 aromatic carbocycles. The first-order chi connectivity index (χ1) is 8.19. The number of nitrogens with zero attached hydrogens (tertiary/aromatic N) is 3. The summed E-state index contributed by atoms with van der Waals surface area (Å²) in [5.74, 6) is -0.243. The van der Waals surface area contributed by atoms with Crippen molar-refractivity contribution in [3.63, 3.8) is 0 Å². The van der Waals surface area contributed by atoms with E-state index in [-0.39, 0.29) is 17.0 Å². The lowest BCUT2D eigenvalue weighted by Crippen LogP contribution is -2.14. The third-order valence-electron chi connectivity index (χ3n) is 1.81. The van der Waals surface area contributed by atoms with Crippen LogP contribution in [0.5, 0.6) is 0 Å². The molecule has 88 valence electrons. The number of hydrogen-bond acceptors (Lipinski definition) is 6. The van der Waals surface area contributed by atoms with Crippen molar-refractivity contribution < 1.29 is 4.79 Å². The van der Waals surface area contributed by atoms with Crippen LogP contribution in [0.1, 0.15) is 15.5 Å². The molecule has 2 heterocycles. The van der Waals surface area contributed by atoms with Crippen molar-refractivity contribution in [2.45, 2.75) is 6.54 Å². The number of carbonyl (C=O) groups excluding carboxylic acids is 1. The topological polar surface area (TPSA) is 93.8 Å². The average Bonchev–Trinajstić information content (AvgIpc) is 2.77. The van der Waals surface area contributed by atoms with E-state index in [0.29, 0.717) is 17.2 Å². The van der Waals surface area contributed by atoms with Crippen molar-refractivity contribution >= 4 is 34.8 Å². The quantitative estimate of drug-likeness (QED) is 0.819. The van der Waals surface area contributed by atoms with E-state index in [9.17, 15) is 4.79 Å². The van der Waals surface area contributed by atoms with Gasteiger partial charge in [-0.15, -0.1) is 11.3 Å². The number of amides is 1. The third-order valence-corrected chi connectivity index (χ3v) is 2.89. The molecule has 0 fully saturated rings. The van der Waals surface area contributed by atoms with Gasteiger partial charge in [-0.2, -0.15) is 0 Å². The first-order valence-electron chi connectivity index (χ1n) is 4.63. The maximum Gasteiger partial charge on any atom is 0.277 e. The molecule has 0 radical (unpaired) electrons. The molecule has 3 N–H and O–H groups in total. The molecule has 0 atom stereocenters. The highest BCUT2D eigenvalue weighted by atomic mass is 35.5. The van der Waals surface area contributed by atoms with Gasteiger partial charge in [-0.1, -0.05) is 11.6 Å². The lowest BCUT2D eigenvalue weighted by Gasteiger charge is -2.00. The maximum absolute atomic E-state index is 11.7. The van der Waals surface area contributed by atoms with E-state index in [1.165, 1.54) is 23.6 Å². The van der Waals surface area contributed by atoms with Crippen molar-refractivity contribution in [1.29, 1.82) is 0 Å². The van der Waals surface area contributed by atoms with E-state index in [1.54, 1.807) is 5.38 Å². The zero-order chi connectivity index (χ0) is 12.3. The summed E-state index contributed by atoms with van der Waals surface area (Å²) in [6.45, 7) is 0.311. The summed E-state index contributed by atoms with van der Waals surface area (Å²) in [5, 5.41) is 5.08. The van der Waals surface area contributed by atoms with Gasteiger partial charge < -0.3 is 5.73 Å². The van der Waals surface area contributed by atoms with Crippen LogP contribution >= 0.6 is 22.9 Å². The molecule has 0 unspecified atom stereocenters. The fourth-order valence-electron chi connectivity index (χ4n) is 1.07. The Morgan fingerprint density at radius 1 is 1.53 bits per heavy atom. The first-order valence-corrected chi connectivity index (χ1v) is 5.89. The summed E-state index contributed by atoms with van der Waals surface area (Å²) in [4.78, 5) is 23.5. The number of rotatable bonds is 3. The maximum atomic E-state index is 11.7. The highest BCUT2D eigenvalue weighted by Crippen LogP contribution is 2.11.